The number of hydrogen-bond acceptors (Lipinski definition) is 2. The van der Waals surface area contributed by atoms with Gasteiger partial charge in [-0.2, -0.15) is 43.9 Å². The van der Waals surface area contributed by atoms with E-state index in [1.807, 2.05) is 55.4 Å². The van der Waals surface area contributed by atoms with Crippen molar-refractivity contribution in [3.8, 4) is 22.3 Å². The Morgan fingerprint density at radius 1 is 0.306 bits per heavy atom. The molecule has 9 aromatic rings. The molecule has 7 aromatic heterocycles. The fraction of sp³-hybridized carbons (Fsp3) is 0.286. The Kier molecular flexibility index (Phi) is 13.3. The summed E-state index contributed by atoms with van der Waals surface area (Å²) in [6, 6.07) is 10.1. The van der Waals surface area contributed by atoms with Crippen molar-refractivity contribution < 1.29 is 43.9 Å². The van der Waals surface area contributed by atoms with Crippen LogP contribution in [-0.4, -0.2) is 29.9 Å². The first-order chi connectivity index (χ1) is 34.6. The highest BCUT2D eigenvalue weighted by Crippen LogP contribution is 2.44. The van der Waals surface area contributed by atoms with Crippen LogP contribution in [0, 0.1) is 58.2 Å². The van der Waals surface area contributed by atoms with Crippen LogP contribution in [-0.2, 0) is 51.4 Å². The SMILES string of the molecule is CCc1c(CC)c2[nH]c1c1cccc(n1)c1[nH]c(c(CC)c1CC)[c+](-c1c(F)c(F)c(F)c(F)c1F)c1[nH]c(c(CC)c1CC)c1cccc(n1)c1[nH]c(c(CC)c1CC)[c+]2-c1c(F)c(F)c(F)c(F)c1F. The van der Waals surface area contributed by atoms with Gasteiger partial charge in [0, 0.05) is 44.5 Å². The first-order valence-corrected chi connectivity index (χ1v) is 24.3. The largest absolute Gasteiger partial charge is 0.339 e. The quantitative estimate of drug-likeness (QED) is 0.0476. The van der Waals surface area contributed by atoms with Crippen LogP contribution in [0.5, 0.6) is 0 Å². The van der Waals surface area contributed by atoms with E-state index in [1.54, 1.807) is 36.4 Å². The Labute approximate surface area is 406 Å². The molecular formula is C56H50F10N6+2. The second kappa shape index (κ2) is 19.1. The highest BCUT2D eigenvalue weighted by Gasteiger charge is 2.38. The average molecular weight is 997 g/mol. The smallest absolute Gasteiger partial charge is 0.239 e. The molecule has 16 heteroatoms. The van der Waals surface area contributed by atoms with Gasteiger partial charge in [0.1, 0.15) is 33.2 Å². The zero-order valence-corrected chi connectivity index (χ0v) is 40.8. The van der Waals surface area contributed by atoms with E-state index in [9.17, 15) is 8.78 Å². The molecule has 0 fully saturated rings. The van der Waals surface area contributed by atoms with E-state index in [4.69, 9.17) is 9.97 Å². The number of benzene rings is 2. The van der Waals surface area contributed by atoms with E-state index in [0.29, 0.717) is 114 Å². The number of halogens is 10. The molecule has 0 radical (unpaired) electrons. The van der Waals surface area contributed by atoms with Crippen LogP contribution >= 0.6 is 0 Å². The van der Waals surface area contributed by atoms with Gasteiger partial charge in [-0.1, -0.05) is 67.5 Å². The minimum Gasteiger partial charge on any atom is -0.339 e. The summed E-state index contributed by atoms with van der Waals surface area (Å²) in [6.07, 6.45) is 2.24. The molecule has 7 heterocycles. The standard InChI is InChI=1S/C56H50F10N6/c1-9-23-27(13-5)53-37(35-39(57)43(61)47(65)44(62)40(35)58)54-28(14-6)24(10-2)51(70-54)33-21-18-22-34(68-33)52-26(12-4)30(16-8)56(72-52)38(36-41(59)45(63)48(66)46(64)42(36)60)55-29(15-7)25(11-3)50(71-55)32-20-17-19-31(67-32)49(23)69-53/h17-22,69-72H,9-16H2,1-8H3/q+2. The van der Waals surface area contributed by atoms with Crippen molar-refractivity contribution in [1.82, 2.24) is 29.9 Å². The van der Waals surface area contributed by atoms with E-state index in [-0.39, 0.29) is 58.9 Å². The number of nitrogens with one attached hydrogen (secondary N) is 4. The Morgan fingerprint density at radius 2 is 0.500 bits per heavy atom. The van der Waals surface area contributed by atoms with E-state index < -0.39 is 69.3 Å². The number of aryl methyl sites for hydroxylation is 8. The summed E-state index contributed by atoms with van der Waals surface area (Å²) in [5.41, 5.74) is 4.91. The topological polar surface area (TPSA) is 88.9 Å². The fourth-order valence-electron chi connectivity index (χ4n) is 11.0. The first-order valence-electron chi connectivity index (χ1n) is 24.3. The normalized spacial score (nSPS) is 11.9. The molecule has 6 nitrogen and oxygen atoms in total. The monoisotopic (exact) mass is 996 g/mol. The Bertz CT molecular complexity index is 3400. The molecule has 2 aromatic carbocycles. The maximum atomic E-state index is 16.6. The predicted octanol–water partition coefficient (Wildman–Crippen LogP) is 16.2. The van der Waals surface area contributed by atoms with Crippen LogP contribution < -0.4 is 0 Å². The second-order valence-corrected chi connectivity index (χ2v) is 17.6. The van der Waals surface area contributed by atoms with Crippen LogP contribution in [0.3, 0.4) is 0 Å². The molecule has 0 aliphatic carbocycles. The number of hydrogen-bond donors (Lipinski definition) is 4. The maximum absolute atomic E-state index is 16.6. The summed E-state index contributed by atoms with van der Waals surface area (Å²) in [4.78, 5) is 23.6. The molecule has 0 saturated heterocycles. The Balaban J connectivity index is 1.67. The van der Waals surface area contributed by atoms with Gasteiger partial charge in [0.25, 0.3) is 0 Å². The lowest BCUT2D eigenvalue weighted by Gasteiger charge is -2.06. The van der Waals surface area contributed by atoms with E-state index in [0.717, 1.165) is 0 Å². The van der Waals surface area contributed by atoms with E-state index in [2.05, 4.69) is 19.9 Å². The van der Waals surface area contributed by atoms with Crippen LogP contribution in [0.2, 0.25) is 0 Å². The zero-order chi connectivity index (χ0) is 51.8. The third-order valence-electron chi connectivity index (χ3n) is 14.1. The molecule has 9 rings (SSSR count). The van der Waals surface area contributed by atoms with Crippen LogP contribution in [0.15, 0.2) is 36.4 Å². The number of rotatable bonds is 10. The van der Waals surface area contributed by atoms with Crippen molar-refractivity contribution in [3.63, 3.8) is 0 Å². The summed E-state index contributed by atoms with van der Waals surface area (Å²) >= 11 is 0. The molecule has 0 atom stereocenters. The highest BCUT2D eigenvalue weighted by atomic mass is 19.2. The van der Waals surface area contributed by atoms with Gasteiger partial charge < -0.3 is 19.9 Å². The van der Waals surface area contributed by atoms with Gasteiger partial charge in [0.15, 0.2) is 11.1 Å². The van der Waals surface area contributed by atoms with Gasteiger partial charge >= 0.3 is 0 Å². The van der Waals surface area contributed by atoms with Gasteiger partial charge in [-0.3, -0.25) is 0 Å². The lowest BCUT2D eigenvalue weighted by Crippen LogP contribution is -2.05. The average Bonchev–Trinajstić information content (AvgIpc) is 4.18. The molecule has 0 aliphatic rings. The molecule has 0 unspecified atom stereocenters. The van der Waals surface area contributed by atoms with Gasteiger partial charge in [-0.25, -0.2) is 9.97 Å². The van der Waals surface area contributed by atoms with Crippen molar-refractivity contribution in [2.24, 2.45) is 0 Å². The molecule has 0 aliphatic heterocycles. The van der Waals surface area contributed by atoms with Crippen LogP contribution in [0.25, 0.3) is 88.5 Å². The molecule has 4 N–H and O–H groups in total. The van der Waals surface area contributed by atoms with Gasteiger partial charge in [-0.05, 0) is 75.6 Å². The predicted molar refractivity (Wildman–Crippen MR) is 265 cm³/mol. The maximum Gasteiger partial charge on any atom is 0.239 e. The van der Waals surface area contributed by atoms with Crippen molar-refractivity contribution in [2.45, 2.75) is 107 Å². The summed E-state index contributed by atoms with van der Waals surface area (Å²) in [6.45, 7) is 14.7. The number of aromatic amines is 4. The molecular weight excluding hydrogens is 947 g/mol. The fourth-order valence-corrected chi connectivity index (χ4v) is 11.0. The molecule has 0 spiro atoms. The van der Waals surface area contributed by atoms with Crippen molar-refractivity contribution in [2.75, 3.05) is 0 Å². The number of pyridine rings is 2. The van der Waals surface area contributed by atoms with Gasteiger partial charge in [0.2, 0.25) is 58.2 Å². The van der Waals surface area contributed by atoms with Gasteiger partial charge in [0.05, 0.1) is 44.1 Å². The third-order valence-corrected chi connectivity index (χ3v) is 14.1. The van der Waals surface area contributed by atoms with Crippen molar-refractivity contribution in [3.05, 3.63) is 139 Å². The molecule has 0 saturated carbocycles. The highest BCUT2D eigenvalue weighted by molar-refractivity contribution is 6.04. The lowest BCUT2D eigenvalue weighted by molar-refractivity contribution is 0.381. The molecule has 372 valence electrons. The summed E-state index contributed by atoms with van der Waals surface area (Å²) in [7, 11) is 0. The Morgan fingerprint density at radius 3 is 0.694 bits per heavy atom. The second-order valence-electron chi connectivity index (χ2n) is 17.6. The molecule has 72 heavy (non-hydrogen) atoms. The minimum atomic E-state index is -2.30. The number of nitrogens with zero attached hydrogens (tertiary/aromatic N) is 2. The van der Waals surface area contributed by atoms with Crippen LogP contribution in [0.1, 0.15) is 99.9 Å². The minimum absolute atomic E-state index is 0.0892. The van der Waals surface area contributed by atoms with Crippen molar-refractivity contribution in [1.29, 1.82) is 0 Å². The Hall–Kier alpha value is -7.10. The number of H-pyrrole nitrogens is 4. The van der Waals surface area contributed by atoms with E-state index >= 15 is 35.1 Å². The number of aromatic nitrogens is 6. The summed E-state index contributed by atoms with van der Waals surface area (Å²) < 4.78 is 158. The lowest BCUT2D eigenvalue weighted by atomic mass is 9.95. The van der Waals surface area contributed by atoms with Crippen LogP contribution in [0.4, 0.5) is 43.9 Å². The van der Waals surface area contributed by atoms with Crippen molar-refractivity contribution >= 4 is 66.2 Å². The first kappa shape index (κ1) is 49.9. The third kappa shape index (κ3) is 7.36. The zero-order valence-electron chi connectivity index (χ0n) is 40.8. The summed E-state index contributed by atoms with van der Waals surface area (Å²) in [5, 5.41) is 0. The summed E-state index contributed by atoms with van der Waals surface area (Å²) in [5.74, 6) is -21.1. The van der Waals surface area contributed by atoms with E-state index in [1.165, 1.54) is 0 Å². The molecule has 12 bridgehead atoms. The van der Waals surface area contributed by atoms with Gasteiger partial charge in [-0.15, -0.1) is 0 Å². The molecule has 0 amide bonds. The number of fused-ring (bicyclic) bond motifs is 16.